The highest BCUT2D eigenvalue weighted by Crippen LogP contribution is 2.27. The van der Waals surface area contributed by atoms with Crippen LogP contribution >= 0.6 is 0 Å². The van der Waals surface area contributed by atoms with E-state index < -0.39 is 18.3 Å². The molecule has 6 heteroatoms. The highest BCUT2D eigenvalue weighted by molar-refractivity contribution is 6.60. The fourth-order valence-electron chi connectivity index (χ4n) is 2.69. The van der Waals surface area contributed by atoms with E-state index in [-0.39, 0.29) is 0 Å². The topological polar surface area (TPSA) is 62.2 Å². The minimum atomic E-state index is -1.13. The Morgan fingerprint density at radius 2 is 1.67 bits per heavy atom. The molecule has 0 unspecified atom stereocenters. The van der Waals surface area contributed by atoms with Crippen LogP contribution in [-0.2, 0) is 4.65 Å². The van der Waals surface area contributed by atoms with Gasteiger partial charge in [0.1, 0.15) is 5.75 Å². The molecule has 0 radical (unpaired) electrons. The zero-order valence-corrected chi connectivity index (χ0v) is 15.5. The number of hydrogen-bond acceptors (Lipinski definition) is 5. The van der Waals surface area contributed by atoms with E-state index in [9.17, 15) is 10.1 Å². The first kappa shape index (κ1) is 19.1. The van der Waals surface area contributed by atoms with Crippen molar-refractivity contribution in [2.24, 2.45) is 0 Å². The van der Waals surface area contributed by atoms with Crippen LogP contribution in [0.1, 0.15) is 47.0 Å². The Morgan fingerprint density at radius 1 is 1.04 bits per heavy atom. The van der Waals surface area contributed by atoms with Crippen molar-refractivity contribution >= 4 is 18.3 Å². The molecule has 1 aliphatic rings. The lowest BCUT2D eigenvalue weighted by Crippen LogP contribution is -2.53. The van der Waals surface area contributed by atoms with Gasteiger partial charge >= 0.3 is 7.12 Å². The third-order valence-corrected chi connectivity index (χ3v) is 5.04. The molecule has 2 rings (SSSR count). The van der Waals surface area contributed by atoms with Crippen molar-refractivity contribution in [1.29, 1.82) is 0 Å². The van der Waals surface area contributed by atoms with E-state index in [0.29, 0.717) is 11.2 Å². The van der Waals surface area contributed by atoms with Gasteiger partial charge in [-0.2, -0.15) is 0 Å². The van der Waals surface area contributed by atoms with Gasteiger partial charge in [-0.25, -0.2) is 0 Å². The van der Waals surface area contributed by atoms with Crippen LogP contribution < -0.4 is 15.1 Å². The van der Waals surface area contributed by atoms with Crippen LogP contribution in [0.2, 0.25) is 0 Å². The van der Waals surface area contributed by atoms with Crippen LogP contribution in [0, 0.1) is 0 Å². The van der Waals surface area contributed by atoms with E-state index >= 15 is 0 Å². The quantitative estimate of drug-likeness (QED) is 0.778. The molecule has 1 heterocycles. The van der Waals surface area contributed by atoms with E-state index in [1.807, 2.05) is 12.1 Å². The minimum Gasteiger partial charge on any atom is -0.497 e. The van der Waals surface area contributed by atoms with E-state index in [1.165, 1.54) is 19.3 Å². The molecule has 1 aromatic carbocycles. The predicted molar refractivity (Wildman–Crippen MR) is 98.1 cm³/mol. The van der Waals surface area contributed by atoms with Gasteiger partial charge in [0, 0.05) is 24.8 Å². The average molecular weight is 335 g/mol. The fourth-order valence-corrected chi connectivity index (χ4v) is 2.69. The number of anilines is 1. The van der Waals surface area contributed by atoms with Gasteiger partial charge in [0.05, 0.1) is 18.3 Å². The summed E-state index contributed by atoms with van der Waals surface area (Å²) in [5.74, 6) is 0.691. The summed E-state index contributed by atoms with van der Waals surface area (Å²) >= 11 is 0. The van der Waals surface area contributed by atoms with Crippen LogP contribution in [-0.4, -0.2) is 48.7 Å². The molecule has 0 atom stereocenters. The number of nitrogens with zero attached hydrogens (tertiary/aromatic N) is 1. The standard InChI is InChI=1S/C18H30BNO4/c1-17(2,21)18(3,4)24-19(22)14-11-15(13-16(12-14)23-5)20-9-7-6-8-10-20/h11-13,21-22H,6-10H2,1-5H3. The Morgan fingerprint density at radius 3 is 2.21 bits per heavy atom. The van der Waals surface area contributed by atoms with Gasteiger partial charge in [0.15, 0.2) is 0 Å². The van der Waals surface area contributed by atoms with Gasteiger partial charge in [0.25, 0.3) is 0 Å². The second-order valence-electron chi connectivity index (χ2n) is 7.55. The van der Waals surface area contributed by atoms with Crippen LogP contribution in [0.25, 0.3) is 0 Å². The van der Waals surface area contributed by atoms with Crippen molar-refractivity contribution in [2.45, 2.75) is 58.2 Å². The van der Waals surface area contributed by atoms with E-state index in [1.54, 1.807) is 40.9 Å². The lowest BCUT2D eigenvalue weighted by molar-refractivity contribution is -0.0982. The van der Waals surface area contributed by atoms with Gasteiger partial charge in [0.2, 0.25) is 0 Å². The average Bonchev–Trinajstić information content (AvgIpc) is 2.53. The summed E-state index contributed by atoms with van der Waals surface area (Å²) in [4.78, 5) is 2.31. The predicted octanol–water partition coefficient (Wildman–Crippen LogP) is 1.94. The number of methoxy groups -OCH3 is 1. The molecule has 0 spiro atoms. The molecular weight excluding hydrogens is 305 g/mol. The molecule has 0 aliphatic carbocycles. The highest BCUT2D eigenvalue weighted by atomic mass is 16.5. The summed E-state index contributed by atoms with van der Waals surface area (Å²) in [7, 11) is 0.484. The van der Waals surface area contributed by atoms with Crippen LogP contribution in [0.5, 0.6) is 5.75 Å². The summed E-state index contributed by atoms with van der Waals surface area (Å²) in [6.45, 7) is 8.90. The summed E-state index contributed by atoms with van der Waals surface area (Å²) < 4.78 is 11.2. The summed E-state index contributed by atoms with van der Waals surface area (Å²) in [6.07, 6.45) is 3.62. The number of rotatable bonds is 6. The first-order valence-electron chi connectivity index (χ1n) is 8.66. The van der Waals surface area contributed by atoms with Crippen LogP contribution in [0.15, 0.2) is 18.2 Å². The number of ether oxygens (including phenoxy) is 1. The molecule has 1 aliphatic heterocycles. The van der Waals surface area contributed by atoms with Crippen molar-refractivity contribution in [3.8, 4) is 5.75 Å². The monoisotopic (exact) mass is 335 g/mol. The summed E-state index contributed by atoms with van der Waals surface area (Å²) in [5, 5.41) is 20.8. The largest absolute Gasteiger partial charge is 0.497 e. The Balaban J connectivity index is 2.25. The number of aliphatic hydroxyl groups is 1. The smallest absolute Gasteiger partial charge is 0.491 e. The molecule has 0 saturated carbocycles. The molecule has 2 N–H and O–H groups in total. The van der Waals surface area contributed by atoms with E-state index in [2.05, 4.69) is 4.90 Å². The van der Waals surface area contributed by atoms with Gasteiger partial charge in [-0.15, -0.1) is 0 Å². The van der Waals surface area contributed by atoms with Gasteiger partial charge in [-0.05, 0) is 64.6 Å². The van der Waals surface area contributed by atoms with Crippen molar-refractivity contribution in [3.05, 3.63) is 18.2 Å². The van der Waals surface area contributed by atoms with Crippen LogP contribution in [0.4, 0.5) is 5.69 Å². The van der Waals surface area contributed by atoms with Gasteiger partial charge in [-0.1, -0.05) is 0 Å². The third kappa shape index (κ3) is 4.44. The highest BCUT2D eigenvalue weighted by Gasteiger charge is 2.39. The number of piperidine rings is 1. The Hall–Kier alpha value is -1.24. The normalized spacial score (nSPS) is 16.2. The Kier molecular flexibility index (Phi) is 5.84. The molecule has 1 fully saturated rings. The van der Waals surface area contributed by atoms with Crippen molar-refractivity contribution in [2.75, 3.05) is 25.1 Å². The SMILES string of the molecule is COc1cc(B(O)OC(C)(C)C(C)(C)O)cc(N2CCCCC2)c1. The van der Waals surface area contributed by atoms with Crippen molar-refractivity contribution in [3.63, 3.8) is 0 Å². The molecule has 134 valence electrons. The second-order valence-corrected chi connectivity index (χ2v) is 7.55. The molecule has 0 bridgehead atoms. The van der Waals surface area contributed by atoms with Crippen molar-refractivity contribution in [1.82, 2.24) is 0 Å². The molecule has 1 saturated heterocycles. The Labute approximate surface area is 145 Å². The maximum atomic E-state index is 10.6. The first-order valence-corrected chi connectivity index (χ1v) is 8.66. The summed E-state index contributed by atoms with van der Waals surface area (Å²) in [6, 6.07) is 5.71. The maximum Gasteiger partial charge on any atom is 0.491 e. The number of benzene rings is 1. The second kappa shape index (κ2) is 7.34. The van der Waals surface area contributed by atoms with E-state index in [4.69, 9.17) is 9.39 Å². The lowest BCUT2D eigenvalue weighted by Gasteiger charge is -2.38. The maximum absolute atomic E-state index is 10.6. The van der Waals surface area contributed by atoms with Gasteiger partial charge < -0.3 is 24.4 Å². The number of hydrogen-bond donors (Lipinski definition) is 2. The fraction of sp³-hybridized carbons (Fsp3) is 0.667. The first-order chi connectivity index (χ1) is 11.1. The van der Waals surface area contributed by atoms with Gasteiger partial charge in [-0.3, -0.25) is 0 Å². The molecular formula is C18H30BNO4. The zero-order valence-electron chi connectivity index (χ0n) is 15.5. The molecule has 1 aromatic rings. The van der Waals surface area contributed by atoms with Crippen LogP contribution in [0.3, 0.4) is 0 Å². The lowest BCUT2D eigenvalue weighted by atomic mass is 9.76. The van der Waals surface area contributed by atoms with E-state index in [0.717, 1.165) is 18.8 Å². The summed E-state index contributed by atoms with van der Waals surface area (Å²) in [5.41, 5.74) is -0.316. The Bertz CT molecular complexity index is 550. The molecule has 0 amide bonds. The zero-order chi connectivity index (χ0) is 18.0. The van der Waals surface area contributed by atoms with Crippen molar-refractivity contribution < 1.29 is 19.5 Å². The third-order valence-electron chi connectivity index (χ3n) is 5.04. The molecule has 0 aromatic heterocycles. The molecule has 24 heavy (non-hydrogen) atoms. The molecule has 5 nitrogen and oxygen atoms in total. The minimum absolute atomic E-state index is 0.632.